The van der Waals surface area contributed by atoms with Gasteiger partial charge in [0, 0.05) is 6.54 Å². The first kappa shape index (κ1) is 7.62. The first-order valence-corrected chi connectivity index (χ1v) is 4.29. The molecule has 0 spiro atoms. The summed E-state index contributed by atoms with van der Waals surface area (Å²) in [5, 5.41) is 0. The number of hydrogen-bond donors (Lipinski definition) is 1. The van der Waals surface area contributed by atoms with Crippen molar-refractivity contribution in [2.24, 2.45) is 5.73 Å². The molecule has 12 heavy (non-hydrogen) atoms. The Morgan fingerprint density at radius 1 is 1.25 bits per heavy atom. The van der Waals surface area contributed by atoms with Crippen molar-refractivity contribution in [3.63, 3.8) is 0 Å². The first-order valence-electron chi connectivity index (χ1n) is 4.29. The van der Waals surface area contributed by atoms with Crippen molar-refractivity contribution in [2.45, 2.75) is 18.4 Å². The Hall–Kier alpha value is -1.02. The Labute approximate surface area is 72.3 Å². The van der Waals surface area contributed by atoms with Gasteiger partial charge < -0.3 is 10.5 Å². The summed E-state index contributed by atoms with van der Waals surface area (Å²) in [6.45, 7) is 0.627. The van der Waals surface area contributed by atoms with Gasteiger partial charge in [-0.05, 0) is 25.0 Å². The zero-order chi connectivity index (χ0) is 8.44. The SMILES string of the molecule is NCC1(Oc2ccccc2)CC1. The Balaban J connectivity index is 2.04. The van der Waals surface area contributed by atoms with Crippen molar-refractivity contribution in [1.29, 1.82) is 0 Å². The predicted octanol–water partition coefficient (Wildman–Crippen LogP) is 1.56. The Bertz CT molecular complexity index is 254. The van der Waals surface area contributed by atoms with Crippen molar-refractivity contribution >= 4 is 0 Å². The zero-order valence-electron chi connectivity index (χ0n) is 6.99. The highest BCUT2D eigenvalue weighted by Crippen LogP contribution is 2.38. The van der Waals surface area contributed by atoms with Crippen LogP contribution >= 0.6 is 0 Å². The lowest BCUT2D eigenvalue weighted by Crippen LogP contribution is -2.28. The quantitative estimate of drug-likeness (QED) is 0.733. The molecule has 2 N–H and O–H groups in total. The molecule has 2 rings (SSSR count). The summed E-state index contributed by atoms with van der Waals surface area (Å²) in [6.07, 6.45) is 2.19. The van der Waals surface area contributed by atoms with Crippen LogP contribution in [0.2, 0.25) is 0 Å². The average Bonchev–Trinajstić information content (AvgIpc) is 2.88. The van der Waals surface area contributed by atoms with Gasteiger partial charge in [0.1, 0.15) is 11.4 Å². The van der Waals surface area contributed by atoms with Crippen LogP contribution < -0.4 is 10.5 Å². The molecule has 0 amide bonds. The second kappa shape index (κ2) is 2.79. The van der Waals surface area contributed by atoms with Crippen LogP contribution in [0.3, 0.4) is 0 Å². The fraction of sp³-hybridized carbons (Fsp3) is 0.400. The van der Waals surface area contributed by atoms with Gasteiger partial charge >= 0.3 is 0 Å². The van der Waals surface area contributed by atoms with E-state index in [2.05, 4.69) is 0 Å². The van der Waals surface area contributed by atoms with Crippen LogP contribution in [0.1, 0.15) is 12.8 Å². The first-order chi connectivity index (χ1) is 5.85. The largest absolute Gasteiger partial charge is 0.486 e. The molecule has 0 heterocycles. The molecule has 0 saturated heterocycles. The van der Waals surface area contributed by atoms with Gasteiger partial charge in [0.2, 0.25) is 0 Å². The van der Waals surface area contributed by atoms with Crippen molar-refractivity contribution < 1.29 is 4.74 Å². The van der Waals surface area contributed by atoms with Crippen LogP contribution in [0, 0.1) is 0 Å². The lowest BCUT2D eigenvalue weighted by molar-refractivity contribution is 0.187. The molecule has 1 aromatic rings. The third kappa shape index (κ3) is 1.43. The summed E-state index contributed by atoms with van der Waals surface area (Å²) in [5.74, 6) is 0.931. The molecule has 2 heteroatoms. The van der Waals surface area contributed by atoms with Gasteiger partial charge in [-0.3, -0.25) is 0 Å². The van der Waals surface area contributed by atoms with Crippen LogP contribution in [0.25, 0.3) is 0 Å². The van der Waals surface area contributed by atoms with E-state index in [0.29, 0.717) is 6.54 Å². The summed E-state index contributed by atoms with van der Waals surface area (Å²) in [7, 11) is 0. The van der Waals surface area contributed by atoms with E-state index in [1.807, 2.05) is 30.3 Å². The molecule has 2 nitrogen and oxygen atoms in total. The normalized spacial score (nSPS) is 18.8. The molecule has 0 atom stereocenters. The maximum absolute atomic E-state index is 5.74. The molecule has 0 radical (unpaired) electrons. The summed E-state index contributed by atoms with van der Waals surface area (Å²) in [4.78, 5) is 0. The number of benzene rings is 1. The molecular weight excluding hydrogens is 150 g/mol. The second-order valence-electron chi connectivity index (χ2n) is 3.30. The molecule has 1 saturated carbocycles. The van der Waals surface area contributed by atoms with E-state index in [9.17, 15) is 0 Å². The summed E-state index contributed by atoms with van der Waals surface area (Å²) in [5.41, 5.74) is 5.57. The minimum absolute atomic E-state index is 0.0264. The standard InChI is InChI=1S/C10H13NO/c11-8-10(6-7-10)12-9-4-2-1-3-5-9/h1-5H,6-8,11H2. The van der Waals surface area contributed by atoms with Crippen LogP contribution in [0.5, 0.6) is 5.75 Å². The van der Waals surface area contributed by atoms with E-state index in [-0.39, 0.29) is 5.60 Å². The van der Waals surface area contributed by atoms with Crippen molar-refractivity contribution in [3.05, 3.63) is 30.3 Å². The van der Waals surface area contributed by atoms with Gasteiger partial charge in [0.05, 0.1) is 0 Å². The van der Waals surface area contributed by atoms with Crippen LogP contribution in [-0.4, -0.2) is 12.1 Å². The van der Waals surface area contributed by atoms with Crippen LogP contribution in [0.15, 0.2) is 30.3 Å². The van der Waals surface area contributed by atoms with Crippen LogP contribution in [-0.2, 0) is 0 Å². The summed E-state index contributed by atoms with van der Waals surface area (Å²) < 4.78 is 5.74. The Morgan fingerprint density at radius 3 is 2.42 bits per heavy atom. The highest BCUT2D eigenvalue weighted by molar-refractivity contribution is 5.23. The molecule has 0 unspecified atom stereocenters. The zero-order valence-corrected chi connectivity index (χ0v) is 6.99. The third-order valence-corrected chi connectivity index (χ3v) is 2.26. The fourth-order valence-electron chi connectivity index (χ4n) is 1.23. The van der Waals surface area contributed by atoms with Gasteiger partial charge in [0.25, 0.3) is 0 Å². The molecular formula is C10H13NO. The predicted molar refractivity (Wildman–Crippen MR) is 48.1 cm³/mol. The average molecular weight is 163 g/mol. The third-order valence-electron chi connectivity index (χ3n) is 2.26. The monoisotopic (exact) mass is 163 g/mol. The minimum atomic E-state index is -0.0264. The molecule has 1 aliphatic carbocycles. The van der Waals surface area contributed by atoms with Crippen molar-refractivity contribution in [3.8, 4) is 5.75 Å². The van der Waals surface area contributed by atoms with E-state index in [1.54, 1.807) is 0 Å². The molecule has 1 fully saturated rings. The highest BCUT2D eigenvalue weighted by atomic mass is 16.5. The number of ether oxygens (including phenoxy) is 1. The highest BCUT2D eigenvalue weighted by Gasteiger charge is 2.44. The molecule has 0 aromatic heterocycles. The fourth-order valence-corrected chi connectivity index (χ4v) is 1.23. The summed E-state index contributed by atoms with van der Waals surface area (Å²) >= 11 is 0. The number of hydrogen-bond acceptors (Lipinski definition) is 2. The van der Waals surface area contributed by atoms with E-state index < -0.39 is 0 Å². The topological polar surface area (TPSA) is 35.2 Å². The van der Waals surface area contributed by atoms with Gasteiger partial charge in [-0.2, -0.15) is 0 Å². The van der Waals surface area contributed by atoms with Gasteiger partial charge in [-0.15, -0.1) is 0 Å². The Morgan fingerprint density at radius 2 is 1.92 bits per heavy atom. The van der Waals surface area contributed by atoms with Crippen LogP contribution in [0.4, 0.5) is 0 Å². The van der Waals surface area contributed by atoms with E-state index >= 15 is 0 Å². The summed E-state index contributed by atoms with van der Waals surface area (Å²) in [6, 6.07) is 9.87. The smallest absolute Gasteiger partial charge is 0.121 e. The number of nitrogens with two attached hydrogens (primary N) is 1. The molecule has 1 aromatic carbocycles. The van der Waals surface area contributed by atoms with E-state index in [0.717, 1.165) is 18.6 Å². The van der Waals surface area contributed by atoms with E-state index in [1.165, 1.54) is 0 Å². The van der Waals surface area contributed by atoms with Gasteiger partial charge in [0.15, 0.2) is 0 Å². The second-order valence-corrected chi connectivity index (χ2v) is 3.30. The van der Waals surface area contributed by atoms with Gasteiger partial charge in [-0.25, -0.2) is 0 Å². The van der Waals surface area contributed by atoms with Crippen molar-refractivity contribution in [2.75, 3.05) is 6.54 Å². The molecule has 0 bridgehead atoms. The molecule has 0 aliphatic heterocycles. The lowest BCUT2D eigenvalue weighted by Gasteiger charge is -2.15. The maximum atomic E-state index is 5.74. The van der Waals surface area contributed by atoms with E-state index in [4.69, 9.17) is 10.5 Å². The number of rotatable bonds is 3. The Kier molecular flexibility index (Phi) is 1.77. The number of para-hydroxylation sites is 1. The van der Waals surface area contributed by atoms with Crippen molar-refractivity contribution in [1.82, 2.24) is 0 Å². The van der Waals surface area contributed by atoms with Gasteiger partial charge in [-0.1, -0.05) is 18.2 Å². The molecule has 1 aliphatic rings. The minimum Gasteiger partial charge on any atom is -0.486 e. The lowest BCUT2D eigenvalue weighted by atomic mass is 10.3. The maximum Gasteiger partial charge on any atom is 0.121 e. The molecule has 64 valence electrons.